The summed E-state index contributed by atoms with van der Waals surface area (Å²) >= 11 is 0. The minimum atomic E-state index is 0. The van der Waals surface area contributed by atoms with Crippen molar-refractivity contribution in [2.75, 3.05) is 18.0 Å². The first-order valence-corrected chi connectivity index (χ1v) is 4.55. The Morgan fingerprint density at radius 1 is 1.43 bits per heavy atom. The van der Waals surface area contributed by atoms with Crippen molar-refractivity contribution in [3.63, 3.8) is 0 Å². The van der Waals surface area contributed by atoms with Gasteiger partial charge in [0, 0.05) is 31.5 Å². The molecule has 1 saturated heterocycles. The number of aromatic nitrogens is 2. The van der Waals surface area contributed by atoms with E-state index in [1.807, 2.05) is 6.92 Å². The van der Waals surface area contributed by atoms with Gasteiger partial charge in [0.1, 0.15) is 5.82 Å². The highest BCUT2D eigenvalue weighted by molar-refractivity contribution is 5.85. The van der Waals surface area contributed by atoms with Crippen molar-refractivity contribution in [1.82, 2.24) is 9.97 Å². The van der Waals surface area contributed by atoms with Crippen LogP contribution in [-0.2, 0) is 0 Å². The van der Waals surface area contributed by atoms with E-state index in [1.54, 1.807) is 12.4 Å². The van der Waals surface area contributed by atoms with Crippen LogP contribution >= 0.6 is 12.4 Å². The molecule has 2 rings (SSSR count). The molecule has 1 unspecified atom stereocenters. The first kappa shape index (κ1) is 11.2. The maximum absolute atomic E-state index is 5.82. The number of rotatable bonds is 1. The summed E-state index contributed by atoms with van der Waals surface area (Å²) < 4.78 is 0. The number of anilines is 1. The average Bonchev–Trinajstić information content (AvgIpc) is 2.53. The monoisotopic (exact) mass is 214 g/mol. The van der Waals surface area contributed by atoms with E-state index in [1.165, 1.54) is 0 Å². The van der Waals surface area contributed by atoms with Gasteiger partial charge in [0.2, 0.25) is 0 Å². The Hall–Kier alpha value is -0.870. The maximum atomic E-state index is 5.82. The second-order valence-corrected chi connectivity index (χ2v) is 3.46. The van der Waals surface area contributed by atoms with Crippen molar-refractivity contribution in [2.45, 2.75) is 19.4 Å². The molecule has 1 aromatic heterocycles. The van der Waals surface area contributed by atoms with Crippen LogP contribution in [0.1, 0.15) is 12.1 Å². The van der Waals surface area contributed by atoms with Gasteiger partial charge in [0.25, 0.3) is 0 Å². The van der Waals surface area contributed by atoms with E-state index in [4.69, 9.17) is 5.73 Å². The summed E-state index contributed by atoms with van der Waals surface area (Å²) in [4.78, 5) is 10.7. The second kappa shape index (κ2) is 4.57. The summed E-state index contributed by atoms with van der Waals surface area (Å²) in [6.45, 7) is 3.88. The van der Waals surface area contributed by atoms with Gasteiger partial charge >= 0.3 is 0 Å². The number of halogens is 1. The van der Waals surface area contributed by atoms with E-state index < -0.39 is 0 Å². The first-order chi connectivity index (χ1) is 6.27. The highest BCUT2D eigenvalue weighted by Crippen LogP contribution is 2.18. The van der Waals surface area contributed by atoms with Crippen LogP contribution < -0.4 is 10.6 Å². The molecule has 1 aliphatic heterocycles. The zero-order chi connectivity index (χ0) is 9.26. The van der Waals surface area contributed by atoms with Gasteiger partial charge in [-0.15, -0.1) is 12.4 Å². The Kier molecular flexibility index (Phi) is 3.66. The van der Waals surface area contributed by atoms with Gasteiger partial charge < -0.3 is 10.6 Å². The quantitative estimate of drug-likeness (QED) is 0.750. The molecule has 1 atom stereocenters. The van der Waals surface area contributed by atoms with Gasteiger partial charge in [-0.05, 0) is 13.3 Å². The summed E-state index contributed by atoms with van der Waals surface area (Å²) in [5.74, 6) is 0.982. The average molecular weight is 215 g/mol. The molecule has 1 aromatic rings. The standard InChI is InChI=1S/C9H14N4.ClH/c1-7-9(12-4-3-11-7)13-5-2-8(10)6-13;/h3-4,8H,2,5-6,10H2,1H3;1H. The molecule has 14 heavy (non-hydrogen) atoms. The predicted molar refractivity (Wildman–Crippen MR) is 58.8 cm³/mol. The van der Waals surface area contributed by atoms with Crippen LogP contribution in [0.2, 0.25) is 0 Å². The third-order valence-electron chi connectivity index (χ3n) is 2.38. The van der Waals surface area contributed by atoms with Gasteiger partial charge in [-0.3, -0.25) is 4.98 Å². The Labute approximate surface area is 89.9 Å². The van der Waals surface area contributed by atoms with Gasteiger partial charge in [-0.1, -0.05) is 0 Å². The molecule has 0 spiro atoms. The molecular formula is C9H15ClN4. The van der Waals surface area contributed by atoms with Crippen LogP contribution in [0, 0.1) is 6.92 Å². The number of nitrogens with two attached hydrogens (primary N) is 1. The molecule has 0 aliphatic carbocycles. The molecule has 0 radical (unpaired) electrons. The van der Waals surface area contributed by atoms with Crippen LogP contribution in [0.25, 0.3) is 0 Å². The minimum Gasteiger partial charge on any atom is -0.354 e. The van der Waals surface area contributed by atoms with Crippen LogP contribution in [0.3, 0.4) is 0 Å². The summed E-state index contributed by atoms with van der Waals surface area (Å²) in [5.41, 5.74) is 6.81. The van der Waals surface area contributed by atoms with Crippen molar-refractivity contribution >= 4 is 18.2 Å². The Morgan fingerprint density at radius 2 is 2.14 bits per heavy atom. The van der Waals surface area contributed by atoms with Crippen molar-refractivity contribution in [3.05, 3.63) is 18.1 Å². The summed E-state index contributed by atoms with van der Waals surface area (Å²) in [6, 6.07) is 0.293. The largest absolute Gasteiger partial charge is 0.354 e. The van der Waals surface area contributed by atoms with Crippen molar-refractivity contribution in [1.29, 1.82) is 0 Å². The molecular weight excluding hydrogens is 200 g/mol. The first-order valence-electron chi connectivity index (χ1n) is 4.55. The summed E-state index contributed by atoms with van der Waals surface area (Å²) in [5, 5.41) is 0. The van der Waals surface area contributed by atoms with Crippen LogP contribution in [-0.4, -0.2) is 29.1 Å². The van der Waals surface area contributed by atoms with Crippen molar-refractivity contribution in [3.8, 4) is 0 Å². The number of aryl methyl sites for hydroxylation is 1. The lowest BCUT2D eigenvalue weighted by Gasteiger charge is -2.17. The lowest BCUT2D eigenvalue weighted by Crippen LogP contribution is -2.27. The zero-order valence-electron chi connectivity index (χ0n) is 8.18. The number of nitrogens with zero attached hydrogens (tertiary/aromatic N) is 3. The normalized spacial score (nSPS) is 20.7. The fraction of sp³-hybridized carbons (Fsp3) is 0.556. The van der Waals surface area contributed by atoms with E-state index in [0.29, 0.717) is 6.04 Å². The Bertz CT molecular complexity index is 305. The molecule has 0 saturated carbocycles. The van der Waals surface area contributed by atoms with Crippen LogP contribution in [0.4, 0.5) is 5.82 Å². The molecule has 0 bridgehead atoms. The predicted octanol–water partition coefficient (Wildman–Crippen LogP) is 0.744. The molecule has 78 valence electrons. The zero-order valence-corrected chi connectivity index (χ0v) is 9.00. The van der Waals surface area contributed by atoms with E-state index in [-0.39, 0.29) is 12.4 Å². The fourth-order valence-electron chi connectivity index (χ4n) is 1.69. The van der Waals surface area contributed by atoms with Gasteiger partial charge in [0.05, 0.1) is 5.69 Å². The minimum absolute atomic E-state index is 0. The van der Waals surface area contributed by atoms with E-state index in [9.17, 15) is 0 Å². The lowest BCUT2D eigenvalue weighted by atomic mass is 10.3. The highest BCUT2D eigenvalue weighted by atomic mass is 35.5. The molecule has 1 fully saturated rings. The van der Waals surface area contributed by atoms with Gasteiger partial charge in [-0.2, -0.15) is 0 Å². The smallest absolute Gasteiger partial charge is 0.150 e. The SMILES string of the molecule is Cc1nccnc1N1CCC(N)C1.Cl. The van der Waals surface area contributed by atoms with Crippen molar-refractivity contribution < 1.29 is 0 Å². The molecule has 5 heteroatoms. The Morgan fingerprint density at radius 3 is 2.71 bits per heavy atom. The lowest BCUT2D eigenvalue weighted by molar-refractivity contribution is 0.751. The third kappa shape index (κ3) is 2.13. The second-order valence-electron chi connectivity index (χ2n) is 3.46. The molecule has 0 aromatic carbocycles. The van der Waals surface area contributed by atoms with E-state index in [0.717, 1.165) is 31.0 Å². The maximum Gasteiger partial charge on any atom is 0.150 e. The molecule has 0 amide bonds. The van der Waals surface area contributed by atoms with Crippen LogP contribution in [0.15, 0.2) is 12.4 Å². The van der Waals surface area contributed by atoms with Crippen LogP contribution in [0.5, 0.6) is 0 Å². The third-order valence-corrected chi connectivity index (χ3v) is 2.38. The van der Waals surface area contributed by atoms with E-state index in [2.05, 4.69) is 14.9 Å². The summed E-state index contributed by atoms with van der Waals surface area (Å²) in [6.07, 6.45) is 4.50. The fourth-order valence-corrected chi connectivity index (χ4v) is 1.69. The van der Waals surface area contributed by atoms with Gasteiger partial charge in [0.15, 0.2) is 0 Å². The summed E-state index contributed by atoms with van der Waals surface area (Å²) in [7, 11) is 0. The van der Waals surface area contributed by atoms with E-state index >= 15 is 0 Å². The van der Waals surface area contributed by atoms with Crippen molar-refractivity contribution in [2.24, 2.45) is 5.73 Å². The topological polar surface area (TPSA) is 55.0 Å². The molecule has 2 N–H and O–H groups in total. The molecule has 2 heterocycles. The van der Waals surface area contributed by atoms with Gasteiger partial charge in [-0.25, -0.2) is 4.98 Å². The number of hydrogen-bond donors (Lipinski definition) is 1. The molecule has 4 nitrogen and oxygen atoms in total. The Balaban J connectivity index is 0.000000980. The number of hydrogen-bond acceptors (Lipinski definition) is 4. The molecule has 1 aliphatic rings. The highest BCUT2D eigenvalue weighted by Gasteiger charge is 2.21.